The predicted molar refractivity (Wildman–Crippen MR) is 73.8 cm³/mol. The lowest BCUT2D eigenvalue weighted by Crippen LogP contribution is -2.21. The number of aromatic nitrogens is 2. The predicted octanol–water partition coefficient (Wildman–Crippen LogP) is 0.696. The van der Waals surface area contributed by atoms with Crippen LogP contribution >= 0.6 is 0 Å². The Bertz CT molecular complexity index is 657. The van der Waals surface area contributed by atoms with Gasteiger partial charge < -0.3 is 15.7 Å². The molecule has 104 valence electrons. The molecule has 0 saturated heterocycles. The van der Waals surface area contributed by atoms with Gasteiger partial charge in [-0.05, 0) is 12.1 Å². The lowest BCUT2D eigenvalue weighted by molar-refractivity contribution is -0.109. The van der Waals surface area contributed by atoms with Crippen LogP contribution in [0.1, 0.15) is 17.4 Å². The van der Waals surface area contributed by atoms with E-state index in [1.165, 1.54) is 13.1 Å². The first kappa shape index (κ1) is 13.7. The average Bonchev–Trinajstić information content (AvgIpc) is 2.45. The fourth-order valence-electron chi connectivity index (χ4n) is 1.81. The highest BCUT2D eigenvalue weighted by Crippen LogP contribution is 2.30. The second-order valence-corrected chi connectivity index (χ2v) is 4.11. The van der Waals surface area contributed by atoms with Crippen LogP contribution in [0.25, 0.3) is 10.9 Å². The number of amides is 1. The third kappa shape index (κ3) is 2.66. The van der Waals surface area contributed by atoms with Crippen molar-refractivity contribution in [3.05, 3.63) is 24.0 Å². The summed E-state index contributed by atoms with van der Waals surface area (Å²) in [6.45, 7) is 2.19. The minimum Gasteiger partial charge on any atom is -0.504 e. The maximum atomic E-state index is 11.5. The molecule has 7 heteroatoms. The number of ketones is 1. The Kier molecular flexibility index (Phi) is 4.09. The van der Waals surface area contributed by atoms with Gasteiger partial charge in [0.15, 0.2) is 17.2 Å². The van der Waals surface area contributed by atoms with Gasteiger partial charge in [0.1, 0.15) is 11.3 Å². The van der Waals surface area contributed by atoms with Crippen molar-refractivity contribution >= 4 is 28.9 Å². The van der Waals surface area contributed by atoms with E-state index >= 15 is 0 Å². The zero-order chi connectivity index (χ0) is 14.5. The van der Waals surface area contributed by atoms with Crippen LogP contribution in [-0.2, 0) is 4.79 Å². The Hall–Kier alpha value is -2.70. The lowest BCUT2D eigenvalue weighted by Gasteiger charge is -2.11. The van der Waals surface area contributed by atoms with Crippen molar-refractivity contribution in [1.82, 2.24) is 15.3 Å². The average molecular weight is 274 g/mol. The second kappa shape index (κ2) is 5.96. The Labute approximate surface area is 115 Å². The number of hydrogen-bond donors (Lipinski definition) is 3. The van der Waals surface area contributed by atoms with Crippen molar-refractivity contribution in [2.75, 3.05) is 18.4 Å². The minimum absolute atomic E-state index is 0.0259. The summed E-state index contributed by atoms with van der Waals surface area (Å²) in [6.07, 6.45) is 2.14. The molecule has 2 heterocycles. The first-order valence-corrected chi connectivity index (χ1v) is 6.04. The van der Waals surface area contributed by atoms with E-state index in [1.54, 1.807) is 12.1 Å². The van der Waals surface area contributed by atoms with Crippen LogP contribution in [0.15, 0.2) is 18.3 Å². The van der Waals surface area contributed by atoms with Gasteiger partial charge in [-0.3, -0.25) is 14.6 Å². The van der Waals surface area contributed by atoms with Gasteiger partial charge in [0.25, 0.3) is 0 Å². The van der Waals surface area contributed by atoms with Crippen molar-refractivity contribution in [1.29, 1.82) is 0 Å². The second-order valence-electron chi connectivity index (χ2n) is 4.11. The Morgan fingerprint density at radius 1 is 1.45 bits per heavy atom. The van der Waals surface area contributed by atoms with E-state index in [1.807, 2.05) is 0 Å². The number of nitrogens with one attached hydrogen (secondary N) is 2. The number of pyridine rings is 2. The molecule has 20 heavy (non-hydrogen) atoms. The fraction of sp³-hybridized carbons (Fsp3) is 0.231. The molecule has 1 amide bonds. The maximum Gasteiger partial charge on any atom is 0.207 e. The van der Waals surface area contributed by atoms with Crippen molar-refractivity contribution in [2.45, 2.75) is 6.92 Å². The van der Waals surface area contributed by atoms with Crippen molar-refractivity contribution < 1.29 is 14.7 Å². The third-order valence-corrected chi connectivity index (χ3v) is 2.71. The van der Waals surface area contributed by atoms with E-state index in [0.29, 0.717) is 36.2 Å². The highest BCUT2D eigenvalue weighted by molar-refractivity contribution is 6.03. The molecule has 2 rings (SSSR count). The number of hydrogen-bond acceptors (Lipinski definition) is 6. The summed E-state index contributed by atoms with van der Waals surface area (Å²) in [5, 5.41) is 16.2. The van der Waals surface area contributed by atoms with Crippen LogP contribution < -0.4 is 10.6 Å². The largest absolute Gasteiger partial charge is 0.504 e. The highest BCUT2D eigenvalue weighted by Gasteiger charge is 2.16. The zero-order valence-corrected chi connectivity index (χ0v) is 10.9. The monoisotopic (exact) mass is 274 g/mol. The van der Waals surface area contributed by atoms with Gasteiger partial charge in [0.2, 0.25) is 6.41 Å². The van der Waals surface area contributed by atoms with Crippen molar-refractivity contribution in [3.8, 4) is 5.75 Å². The van der Waals surface area contributed by atoms with Crippen molar-refractivity contribution in [3.63, 3.8) is 0 Å². The summed E-state index contributed by atoms with van der Waals surface area (Å²) in [5.41, 5.74) is 0.292. The molecule has 3 N–H and O–H groups in total. The highest BCUT2D eigenvalue weighted by atomic mass is 16.3. The SMILES string of the molecule is CC(=O)c1nc(NCCNC=O)c2cccnc2c1O. The maximum absolute atomic E-state index is 11.5. The summed E-state index contributed by atoms with van der Waals surface area (Å²) < 4.78 is 0. The van der Waals surface area contributed by atoms with E-state index < -0.39 is 0 Å². The lowest BCUT2D eigenvalue weighted by atomic mass is 10.1. The van der Waals surface area contributed by atoms with Gasteiger partial charge in [-0.25, -0.2) is 4.98 Å². The van der Waals surface area contributed by atoms with Crippen LogP contribution in [0.3, 0.4) is 0 Å². The Morgan fingerprint density at radius 2 is 2.25 bits per heavy atom. The standard InChI is InChI=1S/C13H14N4O3/c1-8(19)10-12(20)11-9(3-2-4-15-11)13(17-10)16-6-5-14-7-18/h2-4,7,20H,5-6H2,1H3,(H,14,18)(H,16,17). The number of nitrogens with zero attached hydrogens (tertiary/aromatic N) is 2. The normalized spacial score (nSPS) is 10.2. The molecular formula is C13H14N4O3. The van der Waals surface area contributed by atoms with Crippen LogP contribution in [0, 0.1) is 0 Å². The van der Waals surface area contributed by atoms with Gasteiger partial charge in [-0.15, -0.1) is 0 Å². The molecule has 0 saturated carbocycles. The molecule has 0 aliphatic rings. The van der Waals surface area contributed by atoms with Gasteiger partial charge >= 0.3 is 0 Å². The molecule has 2 aromatic rings. The number of fused-ring (bicyclic) bond motifs is 1. The third-order valence-electron chi connectivity index (χ3n) is 2.71. The summed E-state index contributed by atoms with van der Waals surface area (Å²) in [5.74, 6) is -0.113. The van der Waals surface area contributed by atoms with E-state index in [0.717, 1.165) is 0 Å². The Balaban J connectivity index is 2.43. The van der Waals surface area contributed by atoms with Gasteiger partial charge in [0.05, 0.1) is 0 Å². The first-order chi connectivity index (χ1) is 9.65. The number of rotatable bonds is 6. The van der Waals surface area contributed by atoms with E-state index in [-0.39, 0.29) is 17.2 Å². The van der Waals surface area contributed by atoms with Crippen LogP contribution in [0.4, 0.5) is 5.82 Å². The first-order valence-electron chi connectivity index (χ1n) is 6.04. The molecule has 0 unspecified atom stereocenters. The number of anilines is 1. The minimum atomic E-state index is -0.343. The van der Waals surface area contributed by atoms with E-state index in [4.69, 9.17) is 0 Å². The molecular weight excluding hydrogens is 260 g/mol. The van der Waals surface area contributed by atoms with Crippen LogP contribution in [0.5, 0.6) is 5.75 Å². The topological polar surface area (TPSA) is 104 Å². The number of carbonyl (C=O) groups is 2. The zero-order valence-electron chi connectivity index (χ0n) is 10.9. The summed E-state index contributed by atoms with van der Waals surface area (Å²) >= 11 is 0. The van der Waals surface area contributed by atoms with E-state index in [2.05, 4.69) is 20.6 Å². The molecule has 2 aromatic heterocycles. The molecule has 7 nitrogen and oxygen atoms in total. The summed E-state index contributed by atoms with van der Waals surface area (Å²) in [4.78, 5) is 29.9. The van der Waals surface area contributed by atoms with Gasteiger partial charge in [-0.2, -0.15) is 0 Å². The molecule has 0 atom stereocenters. The molecule has 0 aliphatic heterocycles. The molecule has 0 spiro atoms. The number of aromatic hydroxyl groups is 1. The molecule has 0 fully saturated rings. The smallest absolute Gasteiger partial charge is 0.207 e. The molecule has 0 aliphatic carbocycles. The van der Waals surface area contributed by atoms with Crippen molar-refractivity contribution in [2.24, 2.45) is 0 Å². The summed E-state index contributed by atoms with van der Waals surface area (Å²) in [7, 11) is 0. The van der Waals surface area contributed by atoms with Gasteiger partial charge in [0, 0.05) is 31.6 Å². The quantitative estimate of drug-likeness (QED) is 0.407. The van der Waals surface area contributed by atoms with E-state index in [9.17, 15) is 14.7 Å². The van der Waals surface area contributed by atoms with Crippen LogP contribution in [-0.4, -0.2) is 40.4 Å². The van der Waals surface area contributed by atoms with Crippen LogP contribution in [0.2, 0.25) is 0 Å². The molecule has 0 radical (unpaired) electrons. The fourth-order valence-corrected chi connectivity index (χ4v) is 1.81. The number of carbonyl (C=O) groups excluding carboxylic acids is 2. The number of Topliss-reactive ketones (excluding diaryl/α,β-unsaturated/α-hetero) is 1. The van der Waals surface area contributed by atoms with Gasteiger partial charge in [-0.1, -0.05) is 0 Å². The summed E-state index contributed by atoms with van der Waals surface area (Å²) in [6, 6.07) is 3.46. The molecule has 0 bridgehead atoms. The Morgan fingerprint density at radius 3 is 2.95 bits per heavy atom. The molecule has 0 aromatic carbocycles.